The quantitative estimate of drug-likeness (QED) is 0.128. The number of fused-ring (bicyclic) bond motifs is 3. The van der Waals surface area contributed by atoms with Gasteiger partial charge >= 0.3 is 0 Å². The number of benzene rings is 7. The van der Waals surface area contributed by atoms with E-state index in [0.29, 0.717) is 11.5 Å². The van der Waals surface area contributed by atoms with E-state index < -0.39 is 0 Å². The summed E-state index contributed by atoms with van der Waals surface area (Å²) in [4.78, 5) is 9.59. The SMILES string of the molecule is CC(C)(C)c1cc(Oc2[c-]c3c(cc2)c2cc(-c4ccccc4)ccc2n3-c2cc(C(C)(C)c3ccccc3)ccn2)[c-]c(N2C=C(C(C)(C)c3ccccc3)N(c3cccc(C(C)(C)C)c3)[CH-]2)c1.[Pt]. The normalized spacial score (nSPS) is 13.4. The Labute approximate surface area is 429 Å². The van der Waals surface area contributed by atoms with Crippen LogP contribution >= 0.6 is 0 Å². The van der Waals surface area contributed by atoms with Crippen molar-refractivity contribution in [3.05, 3.63) is 235 Å². The average molecular weight is 1100 g/mol. The molecule has 0 radical (unpaired) electrons. The van der Waals surface area contributed by atoms with Gasteiger partial charge in [0.25, 0.3) is 0 Å². The standard InChI is InChI=1S/C64H61N4O.Pt/c1-61(2,3)48-27-20-28-51(36-48)67-43-66(42-59(67)64(9,10)47-25-18-13-19-26-47)52-37-50(62(4,5)6)38-54(40-52)69-53-30-31-55-56-35-45(44-21-14-11-15-22-44)29-32-57(56)68(58(55)41-53)60-39-49(33-34-65-60)63(7,8)46-23-16-12-17-24-46;/h11-39,42-43H,1-10H3;/q-3;. The van der Waals surface area contributed by atoms with Crippen LogP contribution < -0.4 is 14.5 Å². The van der Waals surface area contributed by atoms with Gasteiger partial charge in [-0.05, 0) is 86.1 Å². The first-order valence-electron chi connectivity index (χ1n) is 24.1. The number of aromatic nitrogens is 2. The predicted molar refractivity (Wildman–Crippen MR) is 287 cm³/mol. The Bertz CT molecular complexity index is 3360. The maximum atomic E-state index is 6.95. The number of hydrogen-bond acceptors (Lipinski definition) is 4. The second-order valence-electron chi connectivity index (χ2n) is 21.6. The molecule has 7 aromatic carbocycles. The van der Waals surface area contributed by atoms with Gasteiger partial charge in [0.2, 0.25) is 0 Å². The molecular weight excluding hydrogens is 1040 g/mol. The number of nitrogens with zero attached hydrogens (tertiary/aromatic N) is 4. The Morgan fingerprint density at radius 1 is 0.500 bits per heavy atom. The maximum Gasteiger partial charge on any atom is 0.135 e. The molecule has 5 nitrogen and oxygen atoms in total. The minimum absolute atomic E-state index is 0. The van der Waals surface area contributed by atoms with Crippen LogP contribution in [0.1, 0.15) is 97.1 Å². The molecule has 0 saturated heterocycles. The second-order valence-corrected chi connectivity index (χ2v) is 21.6. The van der Waals surface area contributed by atoms with Crippen LogP contribution in [-0.2, 0) is 42.7 Å². The van der Waals surface area contributed by atoms with E-state index in [4.69, 9.17) is 9.72 Å². The van der Waals surface area contributed by atoms with Gasteiger partial charge in [-0.25, -0.2) is 4.98 Å². The van der Waals surface area contributed by atoms with Crippen molar-refractivity contribution in [1.82, 2.24) is 9.55 Å². The van der Waals surface area contributed by atoms with E-state index in [1.807, 2.05) is 12.3 Å². The van der Waals surface area contributed by atoms with Crippen LogP contribution in [0.5, 0.6) is 11.5 Å². The Morgan fingerprint density at radius 3 is 1.81 bits per heavy atom. The zero-order valence-corrected chi connectivity index (χ0v) is 44.2. The molecule has 70 heavy (non-hydrogen) atoms. The van der Waals surface area contributed by atoms with Gasteiger partial charge in [-0.2, -0.15) is 6.07 Å². The van der Waals surface area contributed by atoms with Crippen LogP contribution in [-0.4, -0.2) is 9.55 Å². The third kappa shape index (κ3) is 9.25. The van der Waals surface area contributed by atoms with Gasteiger partial charge in [0.15, 0.2) is 0 Å². The molecule has 0 aliphatic carbocycles. The summed E-state index contributed by atoms with van der Waals surface area (Å²) < 4.78 is 9.18. The Balaban J connectivity index is 0.00000608. The molecule has 0 fully saturated rings. The van der Waals surface area contributed by atoms with E-state index in [0.717, 1.165) is 55.8 Å². The molecule has 1 aliphatic heterocycles. The monoisotopic (exact) mass is 1100 g/mol. The maximum absolute atomic E-state index is 6.95. The van der Waals surface area contributed by atoms with Crippen LogP contribution in [0.25, 0.3) is 38.8 Å². The molecule has 10 rings (SSSR count). The molecule has 9 aromatic rings. The number of allylic oxidation sites excluding steroid dienone is 1. The van der Waals surface area contributed by atoms with Gasteiger partial charge in [0.05, 0.1) is 0 Å². The van der Waals surface area contributed by atoms with Gasteiger partial charge in [-0.15, -0.1) is 53.6 Å². The molecule has 0 unspecified atom stereocenters. The van der Waals surface area contributed by atoms with Crippen LogP contribution in [0.3, 0.4) is 0 Å². The molecule has 0 amide bonds. The van der Waals surface area contributed by atoms with Crippen molar-refractivity contribution in [2.24, 2.45) is 0 Å². The number of rotatable bonds is 10. The van der Waals surface area contributed by atoms with Crippen molar-refractivity contribution in [1.29, 1.82) is 0 Å². The molecule has 0 N–H and O–H groups in total. The number of hydrogen-bond donors (Lipinski definition) is 0. The van der Waals surface area contributed by atoms with Crippen molar-refractivity contribution in [3.8, 4) is 28.4 Å². The molecule has 356 valence electrons. The number of ether oxygens (including phenoxy) is 1. The topological polar surface area (TPSA) is 33.5 Å². The second kappa shape index (κ2) is 18.6. The minimum Gasteiger partial charge on any atom is -0.509 e. The number of anilines is 2. The first-order chi connectivity index (χ1) is 32.9. The molecule has 1 aliphatic rings. The smallest absolute Gasteiger partial charge is 0.135 e. The van der Waals surface area contributed by atoms with Gasteiger partial charge in [0, 0.05) is 66.5 Å². The number of pyridine rings is 1. The summed E-state index contributed by atoms with van der Waals surface area (Å²) in [6.07, 6.45) is 4.19. The van der Waals surface area contributed by atoms with E-state index >= 15 is 0 Å². The van der Waals surface area contributed by atoms with E-state index in [-0.39, 0.29) is 42.7 Å². The van der Waals surface area contributed by atoms with Crippen LogP contribution in [0.2, 0.25) is 0 Å². The Hall–Kier alpha value is -6.68. The zero-order chi connectivity index (χ0) is 48.3. The van der Waals surface area contributed by atoms with E-state index in [9.17, 15) is 0 Å². The predicted octanol–water partition coefficient (Wildman–Crippen LogP) is 16.4. The van der Waals surface area contributed by atoms with Crippen molar-refractivity contribution < 1.29 is 25.8 Å². The van der Waals surface area contributed by atoms with Crippen LogP contribution in [0, 0.1) is 18.8 Å². The molecule has 0 saturated carbocycles. The van der Waals surface area contributed by atoms with E-state index in [1.165, 1.54) is 27.8 Å². The molecular formula is C64H61N4OPt-3. The van der Waals surface area contributed by atoms with Crippen molar-refractivity contribution >= 4 is 33.2 Å². The molecule has 6 heteroatoms. The van der Waals surface area contributed by atoms with Gasteiger partial charge in [-0.1, -0.05) is 190 Å². The summed E-state index contributed by atoms with van der Waals surface area (Å²) >= 11 is 0. The molecule has 0 spiro atoms. The van der Waals surface area contributed by atoms with Crippen LogP contribution in [0.4, 0.5) is 11.4 Å². The van der Waals surface area contributed by atoms with E-state index in [2.05, 4.69) is 272 Å². The van der Waals surface area contributed by atoms with Crippen molar-refractivity contribution in [3.63, 3.8) is 0 Å². The first kappa shape index (κ1) is 48.3. The summed E-state index contributed by atoms with van der Waals surface area (Å²) in [5.74, 6) is 2.03. The summed E-state index contributed by atoms with van der Waals surface area (Å²) in [6, 6.07) is 68.0. The summed E-state index contributed by atoms with van der Waals surface area (Å²) in [6.45, 7) is 24.9. The van der Waals surface area contributed by atoms with Gasteiger partial charge in [0.1, 0.15) is 5.82 Å². The average Bonchev–Trinajstić information content (AvgIpc) is 3.95. The first-order valence-corrected chi connectivity index (χ1v) is 24.1. The van der Waals surface area contributed by atoms with Crippen LogP contribution in [0.15, 0.2) is 188 Å². The van der Waals surface area contributed by atoms with Gasteiger partial charge < -0.3 is 19.1 Å². The largest absolute Gasteiger partial charge is 0.509 e. The van der Waals surface area contributed by atoms with Crippen molar-refractivity contribution in [2.75, 3.05) is 9.80 Å². The fraction of sp³-hybridized carbons (Fsp3) is 0.219. The van der Waals surface area contributed by atoms with Gasteiger partial charge in [-0.3, -0.25) is 0 Å². The summed E-state index contributed by atoms with van der Waals surface area (Å²) in [5.41, 5.74) is 12.7. The van der Waals surface area contributed by atoms with Crippen molar-refractivity contribution in [2.45, 2.75) is 90.9 Å². The minimum atomic E-state index is -0.332. The fourth-order valence-electron chi connectivity index (χ4n) is 9.60. The Morgan fingerprint density at radius 2 is 1.14 bits per heavy atom. The molecule has 0 atom stereocenters. The fourth-order valence-corrected chi connectivity index (χ4v) is 9.60. The molecule has 0 bridgehead atoms. The Kier molecular flexibility index (Phi) is 12.8. The molecule has 2 aromatic heterocycles. The van der Waals surface area contributed by atoms with E-state index in [1.54, 1.807) is 0 Å². The third-order valence-corrected chi connectivity index (χ3v) is 14.0. The molecule has 3 heterocycles. The zero-order valence-electron chi connectivity index (χ0n) is 41.9. The summed E-state index contributed by atoms with van der Waals surface area (Å²) in [7, 11) is 0. The third-order valence-electron chi connectivity index (χ3n) is 14.0. The summed E-state index contributed by atoms with van der Waals surface area (Å²) in [5, 5.41) is 2.19.